The Morgan fingerprint density at radius 3 is 2.67 bits per heavy atom. The fourth-order valence-electron chi connectivity index (χ4n) is 0.873. The molecule has 0 aliphatic heterocycles. The highest BCUT2D eigenvalue weighted by molar-refractivity contribution is 5.96. The highest BCUT2D eigenvalue weighted by Crippen LogP contribution is 2.13. The number of H-pyrrole nitrogens is 1. The molecule has 4 nitrogen and oxygen atoms in total. The second-order valence-corrected chi connectivity index (χ2v) is 2.85. The molecule has 65 valence electrons. The molecule has 0 atom stereocenters. The maximum atomic E-state index is 11.2. The average Bonchev–Trinajstić information content (AvgIpc) is 2.33. The van der Waals surface area contributed by atoms with Gasteiger partial charge in [0.25, 0.3) is 11.8 Å². The Morgan fingerprint density at radius 1 is 1.58 bits per heavy atom. The van der Waals surface area contributed by atoms with Crippen LogP contribution in [-0.2, 0) is 5.11 Å². The molecule has 0 saturated heterocycles. The summed E-state index contributed by atoms with van der Waals surface area (Å²) in [5, 5.41) is 13.6. The number of rotatable bonds is 2. The van der Waals surface area contributed by atoms with Crippen molar-refractivity contribution in [3.05, 3.63) is 17.8 Å². The van der Waals surface area contributed by atoms with Crippen molar-refractivity contribution in [2.75, 3.05) is 0 Å². The zero-order valence-corrected chi connectivity index (χ0v) is 7.05. The molecule has 0 aromatic carbocycles. The zero-order valence-electron chi connectivity index (χ0n) is 7.05. The van der Waals surface area contributed by atoms with Gasteiger partial charge in [0.05, 0.1) is 0 Å². The van der Waals surface area contributed by atoms with Gasteiger partial charge in [-0.2, -0.15) is 0 Å². The Labute approximate surface area is 70.6 Å². The summed E-state index contributed by atoms with van der Waals surface area (Å²) < 4.78 is 0. The maximum absolute atomic E-state index is 11.2. The summed E-state index contributed by atoms with van der Waals surface area (Å²) in [6.07, 6.45) is 1.46. The van der Waals surface area contributed by atoms with Crippen LogP contribution in [0.3, 0.4) is 0 Å². The molecule has 0 aliphatic rings. The minimum atomic E-state index is -0.340. The van der Waals surface area contributed by atoms with Crippen molar-refractivity contribution < 1.29 is 9.90 Å². The second-order valence-electron chi connectivity index (χ2n) is 2.85. The number of aromatic nitrogens is 1. The van der Waals surface area contributed by atoms with Gasteiger partial charge >= 0.3 is 0 Å². The van der Waals surface area contributed by atoms with Crippen LogP contribution in [0.5, 0.6) is 5.88 Å². The number of hydrogen-bond donors (Lipinski definition) is 2. The van der Waals surface area contributed by atoms with E-state index in [9.17, 15) is 9.90 Å². The molecule has 0 bridgehead atoms. The Bertz CT molecular complexity index is 278. The quantitative estimate of drug-likeness (QED) is 0.685. The molecule has 0 saturated carbocycles. The van der Waals surface area contributed by atoms with Crippen LogP contribution in [0.4, 0.5) is 0 Å². The fourth-order valence-corrected chi connectivity index (χ4v) is 0.873. The molecule has 1 aromatic rings. The topological polar surface area (TPSA) is 64.8 Å². The van der Waals surface area contributed by atoms with Gasteiger partial charge in [0.15, 0.2) is 0 Å². The van der Waals surface area contributed by atoms with E-state index in [1.807, 2.05) is 13.8 Å². The molecule has 4 heteroatoms. The first kappa shape index (κ1) is 8.64. The Hall–Kier alpha value is -1.45. The molecule has 1 aromatic heterocycles. The van der Waals surface area contributed by atoms with Gasteiger partial charge in [-0.15, -0.1) is 0 Å². The SMILES string of the molecule is CC(C)NC(=O)c1cc[nH]c1[O]. The molecule has 0 unspecified atom stereocenters. The van der Waals surface area contributed by atoms with Crippen LogP contribution < -0.4 is 5.32 Å². The van der Waals surface area contributed by atoms with Crippen molar-refractivity contribution in [3.8, 4) is 5.88 Å². The lowest BCUT2D eigenvalue weighted by atomic mass is 10.3. The van der Waals surface area contributed by atoms with Crippen molar-refractivity contribution in [2.45, 2.75) is 19.9 Å². The lowest BCUT2D eigenvalue weighted by molar-refractivity contribution is 0.0938. The van der Waals surface area contributed by atoms with Gasteiger partial charge in [0.2, 0.25) is 0 Å². The predicted octanol–water partition coefficient (Wildman–Crippen LogP) is 1.30. The first-order valence-electron chi connectivity index (χ1n) is 3.76. The van der Waals surface area contributed by atoms with Crippen molar-refractivity contribution in [3.63, 3.8) is 0 Å². The first-order valence-corrected chi connectivity index (χ1v) is 3.76. The molecule has 1 amide bonds. The molecular formula is C8H11N2O2. The van der Waals surface area contributed by atoms with Crippen LogP contribution in [0.1, 0.15) is 24.2 Å². The van der Waals surface area contributed by atoms with Gasteiger partial charge in [-0.1, -0.05) is 0 Å². The van der Waals surface area contributed by atoms with Gasteiger partial charge in [0.1, 0.15) is 5.56 Å². The normalized spacial score (nSPS) is 10.2. The summed E-state index contributed by atoms with van der Waals surface area (Å²) in [4.78, 5) is 13.6. The van der Waals surface area contributed by atoms with Gasteiger partial charge in [-0.05, 0) is 19.9 Å². The molecule has 0 fully saturated rings. The second kappa shape index (κ2) is 3.30. The Balaban J connectivity index is 2.72. The highest BCUT2D eigenvalue weighted by atomic mass is 16.3. The molecular weight excluding hydrogens is 156 g/mol. The average molecular weight is 167 g/mol. The van der Waals surface area contributed by atoms with Crippen LogP contribution in [0.15, 0.2) is 12.3 Å². The minimum Gasteiger partial charge on any atom is -0.350 e. The van der Waals surface area contributed by atoms with E-state index in [1.165, 1.54) is 12.3 Å². The maximum Gasteiger partial charge on any atom is 0.260 e. The summed E-state index contributed by atoms with van der Waals surface area (Å²) in [7, 11) is 0. The van der Waals surface area contributed by atoms with Crippen LogP contribution in [0, 0.1) is 0 Å². The number of amides is 1. The Kier molecular flexibility index (Phi) is 2.38. The molecule has 0 spiro atoms. The van der Waals surface area contributed by atoms with Crippen molar-refractivity contribution in [1.29, 1.82) is 0 Å². The number of carbonyl (C=O) groups excluding carboxylic acids is 1. The van der Waals surface area contributed by atoms with E-state index < -0.39 is 0 Å². The number of nitrogens with one attached hydrogen (secondary N) is 2. The number of hydrogen-bond acceptors (Lipinski definition) is 1. The van der Waals surface area contributed by atoms with Crippen LogP contribution in [-0.4, -0.2) is 16.9 Å². The minimum absolute atomic E-state index is 0.0480. The number of carbonyl (C=O) groups is 1. The molecule has 1 heterocycles. The van der Waals surface area contributed by atoms with Gasteiger partial charge < -0.3 is 10.3 Å². The first-order chi connectivity index (χ1) is 5.61. The zero-order chi connectivity index (χ0) is 9.14. The third-order valence-electron chi connectivity index (χ3n) is 1.37. The van der Waals surface area contributed by atoms with E-state index in [4.69, 9.17) is 0 Å². The van der Waals surface area contributed by atoms with Crippen molar-refractivity contribution >= 4 is 5.91 Å². The third kappa shape index (κ3) is 1.78. The number of aromatic amines is 1. The lowest BCUT2D eigenvalue weighted by Crippen LogP contribution is -2.29. The summed E-state index contributed by atoms with van der Waals surface area (Å²) in [5.41, 5.74) is 0.170. The monoisotopic (exact) mass is 167 g/mol. The van der Waals surface area contributed by atoms with E-state index in [-0.39, 0.29) is 23.4 Å². The molecule has 1 radical (unpaired) electrons. The third-order valence-corrected chi connectivity index (χ3v) is 1.37. The van der Waals surface area contributed by atoms with E-state index >= 15 is 0 Å². The predicted molar refractivity (Wildman–Crippen MR) is 43.5 cm³/mol. The largest absolute Gasteiger partial charge is 0.350 e. The van der Waals surface area contributed by atoms with E-state index in [2.05, 4.69) is 10.3 Å². The lowest BCUT2D eigenvalue weighted by Gasteiger charge is -2.05. The molecule has 1 rings (SSSR count). The van der Waals surface area contributed by atoms with E-state index in [0.29, 0.717) is 0 Å². The summed E-state index contributed by atoms with van der Waals surface area (Å²) in [6, 6.07) is 1.52. The summed E-state index contributed by atoms with van der Waals surface area (Å²) >= 11 is 0. The highest BCUT2D eigenvalue weighted by Gasteiger charge is 2.13. The summed E-state index contributed by atoms with van der Waals surface area (Å²) in [5.74, 6) is -0.663. The summed E-state index contributed by atoms with van der Waals surface area (Å²) in [6.45, 7) is 3.68. The van der Waals surface area contributed by atoms with E-state index in [1.54, 1.807) is 0 Å². The smallest absolute Gasteiger partial charge is 0.260 e. The fraction of sp³-hybridized carbons (Fsp3) is 0.375. The standard InChI is InChI=1S/C8H11N2O2/c1-5(2)10-8(12)6-3-4-9-7(6)11/h3-5,9H,1-2H3,(H,10,12). The van der Waals surface area contributed by atoms with Crippen LogP contribution >= 0.6 is 0 Å². The van der Waals surface area contributed by atoms with Crippen LogP contribution in [0.25, 0.3) is 0 Å². The van der Waals surface area contributed by atoms with Gasteiger partial charge in [-0.25, -0.2) is 0 Å². The van der Waals surface area contributed by atoms with Crippen LogP contribution in [0.2, 0.25) is 0 Å². The van der Waals surface area contributed by atoms with Crippen molar-refractivity contribution in [1.82, 2.24) is 10.3 Å². The van der Waals surface area contributed by atoms with Gasteiger partial charge in [0, 0.05) is 12.2 Å². The van der Waals surface area contributed by atoms with Crippen molar-refractivity contribution in [2.24, 2.45) is 0 Å². The van der Waals surface area contributed by atoms with E-state index in [0.717, 1.165) is 0 Å². The molecule has 2 N–H and O–H groups in total. The van der Waals surface area contributed by atoms with Gasteiger partial charge in [-0.3, -0.25) is 9.90 Å². The molecule has 12 heavy (non-hydrogen) atoms. The molecule has 0 aliphatic carbocycles. The Morgan fingerprint density at radius 2 is 2.25 bits per heavy atom.